The SMILES string of the molecule is COc1ccc(-c2nnc(SC(C(=O)c3ccc(C)cc3)c3ccc(C)cc3)o2)cc1OC. The number of Topliss-reactive ketones (excluding diaryl/α,β-unsaturated/α-hetero) is 1. The molecule has 7 heteroatoms. The smallest absolute Gasteiger partial charge is 0.277 e. The van der Waals surface area contributed by atoms with Crippen molar-refractivity contribution in [3.8, 4) is 23.0 Å². The Bertz CT molecular complexity index is 1250. The van der Waals surface area contributed by atoms with Gasteiger partial charge in [0.05, 0.1) is 14.2 Å². The molecule has 0 aliphatic heterocycles. The van der Waals surface area contributed by atoms with Gasteiger partial charge in [-0.15, -0.1) is 10.2 Å². The minimum atomic E-state index is -0.521. The molecule has 0 N–H and O–H groups in total. The molecule has 33 heavy (non-hydrogen) atoms. The van der Waals surface area contributed by atoms with Crippen molar-refractivity contribution in [2.24, 2.45) is 0 Å². The second-order valence-electron chi connectivity index (χ2n) is 7.58. The van der Waals surface area contributed by atoms with E-state index in [4.69, 9.17) is 13.9 Å². The number of rotatable bonds is 8. The van der Waals surface area contributed by atoms with Gasteiger partial charge in [0.1, 0.15) is 5.25 Å². The van der Waals surface area contributed by atoms with Crippen molar-refractivity contribution in [3.63, 3.8) is 0 Å². The Hall–Kier alpha value is -3.58. The van der Waals surface area contributed by atoms with Crippen LogP contribution in [0.15, 0.2) is 76.4 Å². The van der Waals surface area contributed by atoms with Crippen molar-refractivity contribution in [2.75, 3.05) is 14.2 Å². The summed E-state index contributed by atoms with van der Waals surface area (Å²) >= 11 is 1.24. The van der Waals surface area contributed by atoms with E-state index in [-0.39, 0.29) is 5.78 Å². The molecule has 0 radical (unpaired) electrons. The molecule has 0 bridgehead atoms. The number of ketones is 1. The molecule has 3 aromatic carbocycles. The Balaban J connectivity index is 1.64. The average Bonchev–Trinajstić information content (AvgIpc) is 3.31. The molecule has 0 saturated heterocycles. The summed E-state index contributed by atoms with van der Waals surface area (Å²) in [6, 6.07) is 20.9. The van der Waals surface area contributed by atoms with Crippen LogP contribution in [0.25, 0.3) is 11.5 Å². The summed E-state index contributed by atoms with van der Waals surface area (Å²) in [4.78, 5) is 13.4. The van der Waals surface area contributed by atoms with Gasteiger partial charge in [0.15, 0.2) is 17.3 Å². The highest BCUT2D eigenvalue weighted by Crippen LogP contribution is 2.39. The van der Waals surface area contributed by atoms with Gasteiger partial charge in [-0.3, -0.25) is 4.79 Å². The quantitative estimate of drug-likeness (QED) is 0.233. The normalized spacial score (nSPS) is 11.8. The van der Waals surface area contributed by atoms with Gasteiger partial charge < -0.3 is 13.9 Å². The summed E-state index contributed by atoms with van der Waals surface area (Å²) in [6.07, 6.45) is 0. The van der Waals surface area contributed by atoms with E-state index >= 15 is 0 Å². The molecular formula is C26H24N2O4S. The third-order valence-electron chi connectivity index (χ3n) is 5.21. The first-order valence-corrected chi connectivity index (χ1v) is 11.3. The van der Waals surface area contributed by atoms with Crippen LogP contribution in [0.2, 0.25) is 0 Å². The number of methoxy groups -OCH3 is 2. The van der Waals surface area contributed by atoms with Crippen LogP contribution in [0.5, 0.6) is 11.5 Å². The number of hydrogen-bond acceptors (Lipinski definition) is 7. The molecule has 1 unspecified atom stereocenters. The number of thioether (sulfide) groups is 1. The van der Waals surface area contributed by atoms with Gasteiger partial charge in [-0.25, -0.2) is 0 Å². The highest BCUT2D eigenvalue weighted by Gasteiger charge is 2.26. The summed E-state index contributed by atoms with van der Waals surface area (Å²) < 4.78 is 16.6. The lowest BCUT2D eigenvalue weighted by Crippen LogP contribution is -2.10. The Morgan fingerprint density at radius 2 is 1.48 bits per heavy atom. The number of ether oxygens (including phenoxy) is 2. The summed E-state index contributed by atoms with van der Waals surface area (Å²) in [5.74, 6) is 1.49. The van der Waals surface area contributed by atoms with E-state index in [2.05, 4.69) is 10.2 Å². The number of carbonyl (C=O) groups excluding carboxylic acids is 1. The van der Waals surface area contributed by atoms with Crippen molar-refractivity contribution in [3.05, 3.63) is 89.0 Å². The maximum Gasteiger partial charge on any atom is 0.277 e. The van der Waals surface area contributed by atoms with E-state index in [9.17, 15) is 4.79 Å². The third-order valence-corrected chi connectivity index (χ3v) is 6.30. The third kappa shape index (κ3) is 5.09. The van der Waals surface area contributed by atoms with Crippen LogP contribution in [0, 0.1) is 13.8 Å². The average molecular weight is 461 g/mol. The molecule has 4 aromatic rings. The predicted molar refractivity (Wildman–Crippen MR) is 128 cm³/mol. The first-order valence-electron chi connectivity index (χ1n) is 10.4. The minimum Gasteiger partial charge on any atom is -0.493 e. The zero-order chi connectivity index (χ0) is 23.4. The second kappa shape index (κ2) is 9.92. The van der Waals surface area contributed by atoms with Gasteiger partial charge in [-0.2, -0.15) is 0 Å². The molecule has 1 atom stereocenters. The molecule has 4 rings (SSSR count). The van der Waals surface area contributed by atoms with Crippen LogP contribution in [0.4, 0.5) is 0 Å². The Labute approximate surface area is 197 Å². The van der Waals surface area contributed by atoms with E-state index in [0.29, 0.717) is 33.7 Å². The van der Waals surface area contributed by atoms with Crippen LogP contribution in [-0.4, -0.2) is 30.2 Å². The van der Waals surface area contributed by atoms with Crippen molar-refractivity contribution >= 4 is 17.5 Å². The van der Waals surface area contributed by atoms with E-state index in [1.165, 1.54) is 11.8 Å². The van der Waals surface area contributed by atoms with Crippen molar-refractivity contribution in [2.45, 2.75) is 24.3 Å². The summed E-state index contributed by atoms with van der Waals surface area (Å²) in [6.45, 7) is 4.01. The fourth-order valence-corrected chi connectivity index (χ4v) is 4.28. The predicted octanol–water partition coefficient (Wildman–Crippen LogP) is 6.09. The summed E-state index contributed by atoms with van der Waals surface area (Å²) in [5.41, 5.74) is 4.44. The highest BCUT2D eigenvalue weighted by atomic mass is 32.2. The van der Waals surface area contributed by atoms with Gasteiger partial charge in [0.2, 0.25) is 5.89 Å². The molecular weight excluding hydrogens is 436 g/mol. The number of aromatic nitrogens is 2. The fourth-order valence-electron chi connectivity index (χ4n) is 3.33. The van der Waals surface area contributed by atoms with Crippen LogP contribution in [0.1, 0.15) is 32.3 Å². The molecule has 6 nitrogen and oxygen atoms in total. The molecule has 0 saturated carbocycles. The monoisotopic (exact) mass is 460 g/mol. The number of aryl methyl sites for hydroxylation is 2. The van der Waals surface area contributed by atoms with Gasteiger partial charge in [0.25, 0.3) is 5.22 Å². The van der Waals surface area contributed by atoms with Crippen LogP contribution in [0.3, 0.4) is 0 Å². The summed E-state index contributed by atoms with van der Waals surface area (Å²) in [5, 5.41) is 8.15. The van der Waals surface area contributed by atoms with Crippen LogP contribution in [-0.2, 0) is 0 Å². The number of benzene rings is 3. The van der Waals surface area contributed by atoms with E-state index in [1.807, 2.05) is 68.4 Å². The maximum atomic E-state index is 13.4. The highest BCUT2D eigenvalue weighted by molar-refractivity contribution is 8.00. The van der Waals surface area contributed by atoms with Gasteiger partial charge in [-0.05, 0) is 49.4 Å². The van der Waals surface area contributed by atoms with Crippen molar-refractivity contribution in [1.82, 2.24) is 10.2 Å². The summed E-state index contributed by atoms with van der Waals surface area (Å²) in [7, 11) is 3.15. The van der Waals surface area contributed by atoms with E-state index in [0.717, 1.165) is 16.7 Å². The zero-order valence-corrected chi connectivity index (χ0v) is 19.7. The number of carbonyl (C=O) groups is 1. The Morgan fingerprint density at radius 3 is 2.12 bits per heavy atom. The van der Waals surface area contributed by atoms with Gasteiger partial charge in [-0.1, -0.05) is 59.7 Å². The van der Waals surface area contributed by atoms with E-state index < -0.39 is 5.25 Å². The van der Waals surface area contributed by atoms with Crippen LogP contribution >= 0.6 is 11.8 Å². The van der Waals surface area contributed by atoms with Crippen LogP contribution < -0.4 is 9.47 Å². The molecule has 0 aliphatic carbocycles. The first kappa shape index (κ1) is 22.6. The van der Waals surface area contributed by atoms with E-state index in [1.54, 1.807) is 26.4 Å². The minimum absolute atomic E-state index is 0.0188. The molecule has 1 heterocycles. The molecule has 1 aromatic heterocycles. The topological polar surface area (TPSA) is 74.5 Å². The Morgan fingerprint density at radius 1 is 0.848 bits per heavy atom. The largest absolute Gasteiger partial charge is 0.493 e. The molecule has 0 amide bonds. The standard InChI is InChI=1S/C26H24N2O4S/c1-16-5-9-18(10-6-16)23(29)24(19-11-7-17(2)8-12-19)33-26-28-27-25(32-26)20-13-14-21(30-3)22(15-20)31-4/h5-15,24H,1-4H3. The lowest BCUT2D eigenvalue weighted by molar-refractivity contribution is 0.0989. The number of hydrogen-bond donors (Lipinski definition) is 0. The van der Waals surface area contributed by atoms with Crippen molar-refractivity contribution in [1.29, 1.82) is 0 Å². The maximum absolute atomic E-state index is 13.4. The Kier molecular flexibility index (Phi) is 6.79. The molecule has 0 aliphatic rings. The van der Waals surface area contributed by atoms with Gasteiger partial charge >= 0.3 is 0 Å². The molecule has 0 fully saturated rings. The lowest BCUT2D eigenvalue weighted by atomic mass is 10.0. The second-order valence-corrected chi connectivity index (χ2v) is 8.64. The molecule has 168 valence electrons. The molecule has 0 spiro atoms. The first-order chi connectivity index (χ1) is 16.0. The number of nitrogens with zero attached hydrogens (tertiary/aromatic N) is 2. The zero-order valence-electron chi connectivity index (χ0n) is 18.9. The van der Waals surface area contributed by atoms with Crippen molar-refractivity contribution < 1.29 is 18.7 Å². The van der Waals surface area contributed by atoms with Gasteiger partial charge in [0, 0.05) is 11.1 Å². The fraction of sp³-hybridized carbons (Fsp3) is 0.192. The lowest BCUT2D eigenvalue weighted by Gasteiger charge is -2.14.